The quantitative estimate of drug-likeness (QED) is 0.546. The number of hydrogen-bond donors (Lipinski definition) is 0. The van der Waals surface area contributed by atoms with Crippen molar-refractivity contribution in [2.45, 2.75) is 58.8 Å². The Morgan fingerprint density at radius 3 is 2.16 bits per heavy atom. The first-order chi connectivity index (χ1) is 11.9. The molecule has 0 saturated carbocycles. The molecule has 0 fully saturated rings. The molecule has 0 heteroatoms. The molecule has 0 atom stereocenters. The summed E-state index contributed by atoms with van der Waals surface area (Å²) >= 11 is 0. The van der Waals surface area contributed by atoms with Crippen molar-refractivity contribution in [3.63, 3.8) is 0 Å². The van der Waals surface area contributed by atoms with Crippen molar-refractivity contribution in [2.75, 3.05) is 0 Å². The second-order valence-electron chi connectivity index (χ2n) is 8.39. The maximum absolute atomic E-state index is 2.45. The fourth-order valence-electron chi connectivity index (χ4n) is 3.63. The molecule has 0 N–H and O–H groups in total. The van der Waals surface area contributed by atoms with Gasteiger partial charge in [0.05, 0.1) is 0 Å². The summed E-state index contributed by atoms with van der Waals surface area (Å²) in [7, 11) is 0. The van der Waals surface area contributed by atoms with Crippen LogP contribution in [0.1, 0.15) is 70.1 Å². The van der Waals surface area contributed by atoms with Crippen LogP contribution in [-0.2, 0) is 5.41 Å². The van der Waals surface area contributed by atoms with E-state index in [4.69, 9.17) is 0 Å². The topological polar surface area (TPSA) is 0 Å². The SMILES string of the molecule is CC(C)c1cc(C2=CCCC=C2)c(C(C)(C)C)cc1-c1ccccc1. The van der Waals surface area contributed by atoms with Gasteiger partial charge >= 0.3 is 0 Å². The van der Waals surface area contributed by atoms with Crippen LogP contribution in [0, 0.1) is 0 Å². The van der Waals surface area contributed by atoms with E-state index in [1.54, 1.807) is 0 Å². The molecule has 0 aliphatic heterocycles. The van der Waals surface area contributed by atoms with Crippen LogP contribution in [0.15, 0.2) is 60.7 Å². The average Bonchev–Trinajstić information content (AvgIpc) is 2.61. The van der Waals surface area contributed by atoms with Gasteiger partial charge in [-0.25, -0.2) is 0 Å². The average molecular weight is 331 g/mol. The molecule has 0 radical (unpaired) electrons. The minimum Gasteiger partial charge on any atom is -0.0836 e. The van der Waals surface area contributed by atoms with E-state index >= 15 is 0 Å². The van der Waals surface area contributed by atoms with E-state index in [2.05, 4.69) is 95.3 Å². The molecular weight excluding hydrogens is 300 g/mol. The van der Waals surface area contributed by atoms with Crippen molar-refractivity contribution in [1.29, 1.82) is 0 Å². The van der Waals surface area contributed by atoms with Gasteiger partial charge in [-0.2, -0.15) is 0 Å². The molecule has 0 saturated heterocycles. The van der Waals surface area contributed by atoms with Gasteiger partial charge in [0.1, 0.15) is 0 Å². The second-order valence-corrected chi connectivity index (χ2v) is 8.39. The summed E-state index contributed by atoms with van der Waals surface area (Å²) in [5, 5.41) is 0. The number of hydrogen-bond acceptors (Lipinski definition) is 0. The van der Waals surface area contributed by atoms with Crippen LogP contribution in [-0.4, -0.2) is 0 Å². The van der Waals surface area contributed by atoms with Crippen LogP contribution in [0.5, 0.6) is 0 Å². The van der Waals surface area contributed by atoms with E-state index in [1.807, 2.05) is 0 Å². The first kappa shape index (κ1) is 17.7. The molecule has 1 aliphatic carbocycles. The highest BCUT2D eigenvalue weighted by atomic mass is 14.3. The Kier molecular flexibility index (Phi) is 4.99. The van der Waals surface area contributed by atoms with Gasteiger partial charge in [0.25, 0.3) is 0 Å². The van der Waals surface area contributed by atoms with E-state index < -0.39 is 0 Å². The van der Waals surface area contributed by atoms with Gasteiger partial charge < -0.3 is 0 Å². The monoisotopic (exact) mass is 330 g/mol. The highest BCUT2D eigenvalue weighted by Crippen LogP contribution is 2.39. The minimum atomic E-state index is 0.112. The van der Waals surface area contributed by atoms with Crippen LogP contribution in [0.2, 0.25) is 0 Å². The number of benzene rings is 2. The van der Waals surface area contributed by atoms with E-state index in [9.17, 15) is 0 Å². The van der Waals surface area contributed by atoms with Gasteiger partial charge in [-0.1, -0.05) is 83.2 Å². The highest BCUT2D eigenvalue weighted by molar-refractivity contribution is 5.81. The molecule has 0 heterocycles. The summed E-state index contributed by atoms with van der Waals surface area (Å²) in [5.74, 6) is 0.496. The van der Waals surface area contributed by atoms with Crippen LogP contribution >= 0.6 is 0 Å². The summed E-state index contributed by atoms with van der Waals surface area (Å²) < 4.78 is 0. The van der Waals surface area contributed by atoms with Crippen LogP contribution in [0.4, 0.5) is 0 Å². The molecule has 0 unspecified atom stereocenters. The zero-order chi connectivity index (χ0) is 18.0. The molecule has 130 valence electrons. The van der Waals surface area contributed by atoms with Gasteiger partial charge in [0.2, 0.25) is 0 Å². The van der Waals surface area contributed by atoms with Crippen molar-refractivity contribution < 1.29 is 0 Å². The lowest BCUT2D eigenvalue weighted by Crippen LogP contribution is -2.15. The van der Waals surface area contributed by atoms with E-state index in [0.29, 0.717) is 5.92 Å². The molecule has 0 aromatic heterocycles. The van der Waals surface area contributed by atoms with E-state index in [1.165, 1.54) is 33.4 Å². The third-order valence-corrected chi connectivity index (χ3v) is 5.01. The molecular formula is C25H30. The summed E-state index contributed by atoms with van der Waals surface area (Å²) in [6.07, 6.45) is 9.32. The van der Waals surface area contributed by atoms with Crippen molar-refractivity contribution in [3.05, 3.63) is 77.4 Å². The minimum absolute atomic E-state index is 0.112. The molecule has 0 amide bonds. The zero-order valence-electron chi connectivity index (χ0n) is 16.3. The standard InChI is InChI=1S/C25H30/c1-18(2)21-16-23(20-14-10-7-11-15-20)24(25(3,4)5)17-22(21)19-12-8-6-9-13-19/h6,8-10,12-18H,7,11H2,1-5H3. The normalized spacial score (nSPS) is 14.7. The Morgan fingerprint density at radius 1 is 0.880 bits per heavy atom. The molecule has 0 spiro atoms. The van der Waals surface area contributed by atoms with Gasteiger partial charge in [-0.3, -0.25) is 0 Å². The fourth-order valence-corrected chi connectivity index (χ4v) is 3.63. The molecule has 3 rings (SSSR count). The second kappa shape index (κ2) is 7.04. The van der Waals surface area contributed by atoms with E-state index in [-0.39, 0.29) is 5.41 Å². The third-order valence-electron chi connectivity index (χ3n) is 5.01. The first-order valence-electron chi connectivity index (χ1n) is 9.49. The van der Waals surface area contributed by atoms with Gasteiger partial charge in [-0.05, 0) is 69.7 Å². The lowest BCUT2D eigenvalue weighted by molar-refractivity contribution is 0.588. The molecule has 0 nitrogen and oxygen atoms in total. The lowest BCUT2D eigenvalue weighted by Gasteiger charge is -2.28. The zero-order valence-corrected chi connectivity index (χ0v) is 16.3. The van der Waals surface area contributed by atoms with E-state index in [0.717, 1.165) is 12.8 Å². The third kappa shape index (κ3) is 3.79. The van der Waals surface area contributed by atoms with Gasteiger partial charge in [-0.15, -0.1) is 0 Å². The Morgan fingerprint density at radius 2 is 1.60 bits per heavy atom. The largest absolute Gasteiger partial charge is 0.0836 e. The van der Waals surface area contributed by atoms with Gasteiger partial charge in [0, 0.05) is 0 Å². The van der Waals surface area contributed by atoms with Crippen LogP contribution in [0.3, 0.4) is 0 Å². The van der Waals surface area contributed by atoms with Gasteiger partial charge in [0.15, 0.2) is 0 Å². The Balaban J connectivity index is 2.28. The van der Waals surface area contributed by atoms with Crippen molar-refractivity contribution in [3.8, 4) is 11.1 Å². The molecule has 2 aromatic rings. The Bertz CT molecular complexity index is 796. The number of allylic oxidation sites excluding steroid dienone is 4. The molecule has 0 bridgehead atoms. The van der Waals surface area contributed by atoms with Crippen molar-refractivity contribution in [2.24, 2.45) is 0 Å². The smallest absolute Gasteiger partial charge is 0.0125 e. The summed E-state index contributed by atoms with van der Waals surface area (Å²) in [4.78, 5) is 0. The Hall–Kier alpha value is -2.08. The fraction of sp³-hybridized carbons (Fsp3) is 0.360. The van der Waals surface area contributed by atoms with Crippen molar-refractivity contribution in [1.82, 2.24) is 0 Å². The first-order valence-corrected chi connectivity index (χ1v) is 9.49. The predicted octanol–water partition coefficient (Wildman–Crippen LogP) is 7.51. The predicted molar refractivity (Wildman–Crippen MR) is 111 cm³/mol. The molecule has 25 heavy (non-hydrogen) atoms. The molecule has 1 aliphatic rings. The number of rotatable bonds is 3. The lowest BCUT2D eigenvalue weighted by atomic mass is 9.77. The maximum Gasteiger partial charge on any atom is -0.0125 e. The molecule has 2 aromatic carbocycles. The summed E-state index contributed by atoms with van der Waals surface area (Å²) in [6, 6.07) is 15.7. The summed E-state index contributed by atoms with van der Waals surface area (Å²) in [5.41, 5.74) is 8.48. The van der Waals surface area contributed by atoms with Crippen molar-refractivity contribution >= 4 is 5.57 Å². The maximum atomic E-state index is 2.45. The van der Waals surface area contributed by atoms with Crippen LogP contribution < -0.4 is 0 Å². The highest BCUT2D eigenvalue weighted by Gasteiger charge is 2.23. The Labute approximate surface area is 153 Å². The van der Waals surface area contributed by atoms with Crippen LogP contribution in [0.25, 0.3) is 16.7 Å². The summed E-state index contributed by atoms with van der Waals surface area (Å²) in [6.45, 7) is 11.6.